The van der Waals surface area contributed by atoms with Gasteiger partial charge in [0, 0.05) is 12.6 Å². The van der Waals surface area contributed by atoms with E-state index < -0.39 is 0 Å². The van der Waals surface area contributed by atoms with E-state index in [-0.39, 0.29) is 5.12 Å². The van der Waals surface area contributed by atoms with Crippen molar-refractivity contribution in [3.8, 4) is 0 Å². The third kappa shape index (κ3) is 6.67. The summed E-state index contributed by atoms with van der Waals surface area (Å²) in [6.45, 7) is 6.40. The minimum Gasteiger partial charge on any atom is -0.237 e. The monoisotopic (exact) mass is 239 g/mol. The lowest BCUT2D eigenvalue weighted by atomic mass is 10.0. The molecule has 1 aromatic rings. The molecule has 1 aromatic carbocycles. The van der Waals surface area contributed by atoms with Crippen LogP contribution in [0.1, 0.15) is 44.7 Å². The third-order valence-corrected chi connectivity index (χ3v) is 2.17. The number of hydrogen-bond acceptors (Lipinski definition) is 1. The van der Waals surface area contributed by atoms with E-state index in [0.717, 1.165) is 18.4 Å². The first kappa shape index (κ1) is 15.2. The molecule has 0 saturated heterocycles. The van der Waals surface area contributed by atoms with E-state index in [1.54, 1.807) is 0 Å². The number of rotatable bonds is 4. The molecule has 0 fully saturated rings. The fourth-order valence-corrected chi connectivity index (χ4v) is 1.61. The minimum absolute atomic E-state index is 0.0450. The summed E-state index contributed by atoms with van der Waals surface area (Å²) in [6.07, 6.45) is 3.91. The molecule has 0 aliphatic rings. The van der Waals surface area contributed by atoms with E-state index in [0.29, 0.717) is 6.42 Å². The van der Waals surface area contributed by atoms with E-state index >= 15 is 0 Å². The number of aryl methyl sites for hydroxylation is 1. The van der Waals surface area contributed by atoms with Crippen LogP contribution < -0.4 is 0 Å². The van der Waals surface area contributed by atoms with Gasteiger partial charge in [0.1, 0.15) is 0 Å². The average molecular weight is 239 g/mol. The van der Waals surface area contributed by atoms with E-state index in [1.165, 1.54) is 12.0 Å². The van der Waals surface area contributed by atoms with Gasteiger partial charge in [0.15, 0.2) is 0 Å². The lowest BCUT2D eigenvalue weighted by Crippen LogP contribution is -2.01. The molecule has 0 heterocycles. The summed E-state index contributed by atoms with van der Waals surface area (Å²) in [4.78, 5) is 10.9. The normalized spacial score (nSPS) is 9.25. The predicted molar refractivity (Wildman–Crippen MR) is 75.3 cm³/mol. The molecule has 0 N–H and O–H groups in total. The van der Waals surface area contributed by atoms with Crippen molar-refractivity contribution in [1.29, 1.82) is 0 Å². The van der Waals surface area contributed by atoms with Crippen LogP contribution in [0, 0.1) is 0 Å². The van der Waals surface area contributed by atoms with Gasteiger partial charge >= 0.3 is 5.12 Å². The summed E-state index contributed by atoms with van der Waals surface area (Å²) in [5, 5.41) is 0.0450. The van der Waals surface area contributed by atoms with E-state index in [2.05, 4.69) is 39.5 Å². The number of carbonyl (C=O) groups excluding carboxylic acids is 1. The van der Waals surface area contributed by atoms with Crippen LogP contribution in [0.15, 0.2) is 24.3 Å². The molecule has 0 saturated carbocycles. The summed E-state index contributed by atoms with van der Waals surface area (Å²) in [5.74, 6) is 0. The molecule has 16 heavy (non-hydrogen) atoms. The lowest BCUT2D eigenvalue weighted by Gasteiger charge is -2.04. The van der Waals surface area contributed by atoms with E-state index in [4.69, 9.17) is 0 Å². The zero-order valence-electron chi connectivity index (χ0n) is 10.5. The average Bonchev–Trinajstić information content (AvgIpc) is 2.22. The van der Waals surface area contributed by atoms with Crippen LogP contribution in [-0.2, 0) is 30.3 Å². The second kappa shape index (κ2) is 9.46. The molecule has 0 aromatic heterocycles. The maximum Gasteiger partial charge on any atom is 0.330 e. The summed E-state index contributed by atoms with van der Waals surface area (Å²) in [6, 6.07) is 8.10. The second-order valence-corrected chi connectivity index (χ2v) is 4.38. The highest BCUT2D eigenvalue weighted by molar-refractivity contribution is 7.77. The van der Waals surface area contributed by atoms with Crippen LogP contribution in [-0.4, -0.2) is 5.12 Å². The van der Waals surface area contributed by atoms with Gasteiger partial charge in [-0.3, -0.25) is 0 Å². The Morgan fingerprint density at radius 2 is 1.62 bits per heavy atom. The Balaban J connectivity index is 0.000000673. The topological polar surface area (TPSA) is 17.1 Å². The molecule has 90 valence electrons. The van der Waals surface area contributed by atoms with Gasteiger partial charge in [0.05, 0.1) is 6.42 Å². The van der Waals surface area contributed by atoms with Crippen LogP contribution in [0.2, 0.25) is 0 Å². The molecular formula is C14H23OS+. The largest absolute Gasteiger partial charge is 0.330 e. The van der Waals surface area contributed by atoms with Crippen molar-refractivity contribution < 1.29 is 4.79 Å². The summed E-state index contributed by atoms with van der Waals surface area (Å²) < 4.78 is 0. The van der Waals surface area contributed by atoms with Crippen molar-refractivity contribution in [3.63, 3.8) is 0 Å². The molecule has 1 rings (SSSR count). The van der Waals surface area contributed by atoms with Gasteiger partial charge in [0.25, 0.3) is 0 Å². The SMILES string of the molecule is CCC.CCCc1ccccc1CC(=O)[SH2+]. The van der Waals surface area contributed by atoms with Crippen molar-refractivity contribution >= 4 is 17.7 Å². The molecule has 0 unspecified atom stereocenters. The first-order valence-electron chi connectivity index (χ1n) is 5.96. The first-order chi connectivity index (χ1) is 7.65. The van der Waals surface area contributed by atoms with Crippen LogP contribution in [0.4, 0.5) is 0 Å². The highest BCUT2D eigenvalue weighted by atomic mass is 32.1. The molecule has 0 spiro atoms. The van der Waals surface area contributed by atoms with Gasteiger partial charge in [-0.25, -0.2) is 4.79 Å². The Hall–Kier alpha value is -0.760. The zero-order chi connectivity index (χ0) is 12.4. The molecular weight excluding hydrogens is 216 g/mol. The van der Waals surface area contributed by atoms with Gasteiger partial charge in [-0.15, -0.1) is 0 Å². The lowest BCUT2D eigenvalue weighted by molar-refractivity contribution is -0.110. The maximum atomic E-state index is 10.9. The molecule has 0 amide bonds. The Labute approximate surface area is 105 Å². The summed E-state index contributed by atoms with van der Waals surface area (Å²) in [7, 11) is 0. The molecule has 0 aliphatic heterocycles. The van der Waals surface area contributed by atoms with Gasteiger partial charge in [-0.2, -0.15) is 0 Å². The van der Waals surface area contributed by atoms with Crippen molar-refractivity contribution in [1.82, 2.24) is 0 Å². The molecule has 2 heteroatoms. The van der Waals surface area contributed by atoms with E-state index in [1.807, 2.05) is 18.2 Å². The van der Waals surface area contributed by atoms with Crippen molar-refractivity contribution in [3.05, 3.63) is 35.4 Å². The van der Waals surface area contributed by atoms with Gasteiger partial charge < -0.3 is 0 Å². The standard InChI is InChI=1S/C11H14OS.C3H8/c1-2-5-9-6-3-4-7-10(9)8-11(12)13;1-3-2/h3-4,6-7H,2,5,8H2,1H3,(H,12,13);3H2,1-2H3/p+1. The number of hydrogen-bond donors (Lipinski definition) is 0. The summed E-state index contributed by atoms with van der Waals surface area (Å²) in [5.41, 5.74) is 2.43. The number of benzene rings is 1. The third-order valence-electron chi connectivity index (χ3n) is 1.99. The fraction of sp³-hybridized carbons (Fsp3) is 0.500. The van der Waals surface area contributed by atoms with E-state index in [9.17, 15) is 4.79 Å². The molecule has 1 nitrogen and oxygen atoms in total. The van der Waals surface area contributed by atoms with Crippen LogP contribution >= 0.6 is 0 Å². The molecule has 0 aliphatic carbocycles. The quantitative estimate of drug-likeness (QED) is 0.738. The fourth-order valence-electron chi connectivity index (χ4n) is 1.42. The highest BCUT2D eigenvalue weighted by Crippen LogP contribution is 2.11. The van der Waals surface area contributed by atoms with Crippen molar-refractivity contribution in [2.75, 3.05) is 0 Å². The Morgan fingerprint density at radius 1 is 1.12 bits per heavy atom. The maximum absolute atomic E-state index is 10.9. The Kier molecular flexibility index (Phi) is 9.02. The Morgan fingerprint density at radius 3 is 2.06 bits per heavy atom. The van der Waals surface area contributed by atoms with Gasteiger partial charge in [-0.05, 0) is 17.5 Å². The van der Waals surface area contributed by atoms with Crippen molar-refractivity contribution in [2.45, 2.75) is 46.5 Å². The predicted octanol–water partition coefficient (Wildman–Crippen LogP) is 3.14. The second-order valence-electron chi connectivity index (χ2n) is 3.83. The first-order valence-corrected chi connectivity index (χ1v) is 6.46. The minimum atomic E-state index is 0.0450. The highest BCUT2D eigenvalue weighted by Gasteiger charge is 2.06. The zero-order valence-corrected chi connectivity index (χ0v) is 11.5. The van der Waals surface area contributed by atoms with Crippen molar-refractivity contribution in [2.24, 2.45) is 0 Å². The molecule has 0 radical (unpaired) electrons. The number of carbonyl (C=O) groups is 1. The van der Waals surface area contributed by atoms with Gasteiger partial charge in [-0.1, -0.05) is 57.9 Å². The van der Waals surface area contributed by atoms with Crippen LogP contribution in [0.3, 0.4) is 0 Å². The van der Waals surface area contributed by atoms with Crippen LogP contribution in [0.5, 0.6) is 0 Å². The Bertz CT molecular complexity index is 307. The van der Waals surface area contributed by atoms with Crippen LogP contribution in [0.25, 0.3) is 0 Å². The molecule has 0 bridgehead atoms. The molecule has 0 atom stereocenters. The summed E-state index contributed by atoms with van der Waals surface area (Å²) >= 11 is 3.01. The smallest absolute Gasteiger partial charge is 0.237 e. The van der Waals surface area contributed by atoms with Gasteiger partial charge in [0.2, 0.25) is 0 Å².